The number of piperidine rings is 1. The van der Waals surface area contributed by atoms with Crippen molar-refractivity contribution in [3.05, 3.63) is 17.0 Å². The van der Waals surface area contributed by atoms with E-state index in [1.54, 1.807) is 0 Å². The Bertz CT molecular complexity index is 473. The first-order chi connectivity index (χ1) is 9.63. The van der Waals surface area contributed by atoms with Crippen LogP contribution in [0.4, 0.5) is 0 Å². The third-order valence-corrected chi connectivity index (χ3v) is 5.14. The fourth-order valence-corrected chi connectivity index (χ4v) is 4.02. The lowest BCUT2D eigenvalue weighted by Gasteiger charge is -2.42. The van der Waals surface area contributed by atoms with Crippen LogP contribution < -0.4 is 5.32 Å². The van der Waals surface area contributed by atoms with Crippen LogP contribution in [0.5, 0.6) is 0 Å². The van der Waals surface area contributed by atoms with E-state index < -0.39 is 0 Å². The Kier molecular flexibility index (Phi) is 3.87. The lowest BCUT2D eigenvalue weighted by Crippen LogP contribution is -2.43. The molecule has 1 saturated carbocycles. The topological polar surface area (TPSA) is 33.1 Å². The Morgan fingerprint density at radius 2 is 2.00 bits per heavy atom. The van der Waals surface area contributed by atoms with Gasteiger partial charge in [0.1, 0.15) is 0 Å². The van der Waals surface area contributed by atoms with Crippen molar-refractivity contribution < 1.29 is 0 Å². The summed E-state index contributed by atoms with van der Waals surface area (Å²) in [6, 6.07) is 1.40. The van der Waals surface area contributed by atoms with Gasteiger partial charge in [0, 0.05) is 30.4 Å². The summed E-state index contributed by atoms with van der Waals surface area (Å²) < 4.78 is 2.06. The van der Waals surface area contributed by atoms with E-state index in [9.17, 15) is 0 Å². The van der Waals surface area contributed by atoms with E-state index >= 15 is 0 Å². The molecule has 1 aliphatic heterocycles. The van der Waals surface area contributed by atoms with E-state index in [0.717, 1.165) is 18.5 Å². The normalized spacial score (nSPS) is 28.0. The average molecular weight is 276 g/mol. The highest BCUT2D eigenvalue weighted by atomic mass is 15.3. The fourth-order valence-electron chi connectivity index (χ4n) is 4.02. The Morgan fingerprint density at radius 1 is 1.25 bits per heavy atom. The van der Waals surface area contributed by atoms with Crippen molar-refractivity contribution in [1.82, 2.24) is 20.0 Å². The molecule has 1 saturated heterocycles. The van der Waals surface area contributed by atoms with Gasteiger partial charge in [0.05, 0.1) is 5.69 Å². The Balaban J connectivity index is 1.98. The summed E-state index contributed by atoms with van der Waals surface area (Å²) >= 11 is 0. The minimum absolute atomic E-state index is 0.567. The summed E-state index contributed by atoms with van der Waals surface area (Å²) in [5, 5.41) is 8.07. The van der Waals surface area contributed by atoms with Crippen LogP contribution in [-0.2, 0) is 7.05 Å². The fraction of sp³-hybridized carbons (Fsp3) is 0.812. The van der Waals surface area contributed by atoms with Gasteiger partial charge >= 0.3 is 0 Å². The van der Waals surface area contributed by atoms with Crippen LogP contribution in [0.3, 0.4) is 0 Å². The summed E-state index contributed by atoms with van der Waals surface area (Å²) in [6.45, 7) is 6.79. The molecule has 2 heterocycles. The molecule has 1 aromatic heterocycles. The number of aryl methyl sites for hydroxylation is 2. The van der Waals surface area contributed by atoms with E-state index in [-0.39, 0.29) is 0 Å². The quantitative estimate of drug-likeness (QED) is 0.915. The highest BCUT2D eigenvalue weighted by molar-refractivity contribution is 5.30. The smallest absolute Gasteiger partial charge is 0.0644 e. The number of nitrogens with one attached hydrogen (secondary N) is 1. The largest absolute Gasteiger partial charge is 0.319 e. The first kappa shape index (κ1) is 14.1. The standard InChI is InChI=1S/C16H28N4/c1-11-15(12(2)19(4)18-11)16-13(10-17-3)6-5-9-20(16)14-7-8-14/h13-14,16-17H,5-10H2,1-4H3. The van der Waals surface area contributed by atoms with E-state index in [2.05, 4.69) is 47.9 Å². The second-order valence-electron chi connectivity index (χ2n) is 6.58. The third-order valence-electron chi connectivity index (χ3n) is 5.14. The molecule has 20 heavy (non-hydrogen) atoms. The first-order valence-electron chi connectivity index (χ1n) is 8.04. The van der Waals surface area contributed by atoms with Crippen molar-refractivity contribution in [3.8, 4) is 0 Å². The molecule has 0 radical (unpaired) electrons. The van der Waals surface area contributed by atoms with Gasteiger partial charge in [-0.05, 0) is 65.6 Å². The molecule has 0 amide bonds. The van der Waals surface area contributed by atoms with Gasteiger partial charge in [0.2, 0.25) is 0 Å². The SMILES string of the molecule is CNCC1CCCN(C2CC2)C1c1c(C)nn(C)c1C. The molecule has 2 aliphatic rings. The van der Waals surface area contributed by atoms with Gasteiger partial charge in [0.15, 0.2) is 0 Å². The predicted molar refractivity (Wildman–Crippen MR) is 81.8 cm³/mol. The number of hydrogen-bond donors (Lipinski definition) is 1. The van der Waals surface area contributed by atoms with Crippen LogP contribution in [0.1, 0.15) is 48.7 Å². The number of likely N-dealkylation sites (tertiary alicyclic amines) is 1. The lowest BCUT2D eigenvalue weighted by atomic mass is 9.83. The van der Waals surface area contributed by atoms with Crippen molar-refractivity contribution >= 4 is 0 Å². The van der Waals surface area contributed by atoms with Crippen LogP contribution in [0, 0.1) is 19.8 Å². The second-order valence-corrected chi connectivity index (χ2v) is 6.58. The monoisotopic (exact) mass is 276 g/mol. The van der Waals surface area contributed by atoms with E-state index in [1.165, 1.54) is 49.2 Å². The molecule has 0 bridgehead atoms. The molecule has 112 valence electrons. The van der Waals surface area contributed by atoms with Crippen molar-refractivity contribution in [3.63, 3.8) is 0 Å². The first-order valence-corrected chi connectivity index (χ1v) is 8.04. The molecule has 1 aromatic rings. The molecule has 2 atom stereocenters. The minimum atomic E-state index is 0.567. The van der Waals surface area contributed by atoms with E-state index in [4.69, 9.17) is 0 Å². The third kappa shape index (κ3) is 2.40. The molecule has 0 aromatic carbocycles. The van der Waals surface area contributed by atoms with E-state index in [0.29, 0.717) is 6.04 Å². The van der Waals surface area contributed by atoms with Gasteiger partial charge in [-0.1, -0.05) is 0 Å². The van der Waals surface area contributed by atoms with Crippen molar-refractivity contribution in [1.29, 1.82) is 0 Å². The zero-order valence-corrected chi connectivity index (χ0v) is 13.3. The molecule has 4 nitrogen and oxygen atoms in total. The number of rotatable bonds is 4. The van der Waals surface area contributed by atoms with Gasteiger partial charge in [-0.15, -0.1) is 0 Å². The Labute approximate surface area is 122 Å². The van der Waals surface area contributed by atoms with Gasteiger partial charge in [-0.25, -0.2) is 0 Å². The van der Waals surface area contributed by atoms with Gasteiger partial charge < -0.3 is 5.32 Å². The Morgan fingerprint density at radius 3 is 2.55 bits per heavy atom. The summed E-state index contributed by atoms with van der Waals surface area (Å²) in [5.74, 6) is 0.718. The zero-order valence-electron chi connectivity index (χ0n) is 13.3. The van der Waals surface area contributed by atoms with Crippen molar-refractivity contribution in [2.45, 2.75) is 51.6 Å². The highest BCUT2D eigenvalue weighted by Crippen LogP contribution is 2.44. The molecule has 0 spiro atoms. The van der Waals surface area contributed by atoms with Crippen LogP contribution >= 0.6 is 0 Å². The van der Waals surface area contributed by atoms with Gasteiger partial charge in [-0.2, -0.15) is 5.10 Å². The van der Waals surface area contributed by atoms with Gasteiger partial charge in [0.25, 0.3) is 0 Å². The average Bonchev–Trinajstić information content (AvgIpc) is 3.21. The highest BCUT2D eigenvalue weighted by Gasteiger charge is 2.42. The lowest BCUT2D eigenvalue weighted by molar-refractivity contribution is 0.0836. The van der Waals surface area contributed by atoms with Crippen molar-refractivity contribution in [2.75, 3.05) is 20.1 Å². The summed E-state index contributed by atoms with van der Waals surface area (Å²) in [6.07, 6.45) is 5.46. The maximum Gasteiger partial charge on any atom is 0.0644 e. The molecular formula is C16H28N4. The molecule has 2 fully saturated rings. The molecule has 4 heteroatoms. The summed E-state index contributed by atoms with van der Waals surface area (Å²) in [5.41, 5.74) is 4.07. The number of aromatic nitrogens is 2. The number of hydrogen-bond acceptors (Lipinski definition) is 3. The number of nitrogens with zero attached hydrogens (tertiary/aromatic N) is 3. The zero-order chi connectivity index (χ0) is 14.3. The molecule has 3 rings (SSSR count). The molecule has 1 N–H and O–H groups in total. The summed E-state index contributed by atoms with van der Waals surface area (Å²) in [7, 11) is 4.15. The van der Waals surface area contributed by atoms with Crippen LogP contribution in [0.25, 0.3) is 0 Å². The second kappa shape index (κ2) is 5.49. The van der Waals surface area contributed by atoms with Gasteiger partial charge in [-0.3, -0.25) is 9.58 Å². The minimum Gasteiger partial charge on any atom is -0.319 e. The maximum atomic E-state index is 4.66. The summed E-state index contributed by atoms with van der Waals surface area (Å²) in [4.78, 5) is 2.78. The van der Waals surface area contributed by atoms with E-state index in [1.807, 2.05) is 0 Å². The van der Waals surface area contributed by atoms with Crippen molar-refractivity contribution in [2.24, 2.45) is 13.0 Å². The Hall–Kier alpha value is -0.870. The molecular weight excluding hydrogens is 248 g/mol. The maximum absolute atomic E-state index is 4.66. The van der Waals surface area contributed by atoms with Crippen LogP contribution in [0.2, 0.25) is 0 Å². The predicted octanol–water partition coefficient (Wildman–Crippen LogP) is 2.17. The molecule has 1 aliphatic carbocycles. The van der Waals surface area contributed by atoms with Crippen LogP contribution in [-0.4, -0.2) is 40.9 Å². The van der Waals surface area contributed by atoms with Crippen LogP contribution in [0.15, 0.2) is 0 Å². The molecule has 2 unspecified atom stereocenters.